The van der Waals surface area contributed by atoms with E-state index in [2.05, 4.69) is 23.7 Å². The molecule has 2 unspecified atom stereocenters. The Morgan fingerprint density at radius 3 is 3.14 bits per heavy atom. The zero-order chi connectivity index (χ0) is 10.2. The maximum absolute atomic E-state index is 5.89. The van der Waals surface area contributed by atoms with Crippen LogP contribution >= 0.6 is 0 Å². The van der Waals surface area contributed by atoms with E-state index in [4.69, 9.17) is 10.5 Å². The van der Waals surface area contributed by atoms with Crippen LogP contribution in [0.5, 0.6) is 0 Å². The molecular weight excluding hydrogens is 178 g/mol. The van der Waals surface area contributed by atoms with Gasteiger partial charge in [0, 0.05) is 19.1 Å². The quantitative estimate of drug-likeness (QED) is 0.663. The molecule has 4 nitrogen and oxygen atoms in total. The predicted molar refractivity (Wildman–Crippen MR) is 56.2 cm³/mol. The van der Waals surface area contributed by atoms with E-state index in [0.717, 1.165) is 32.7 Å². The molecule has 1 fully saturated rings. The Bertz CT molecular complexity index is 254. The highest BCUT2D eigenvalue weighted by molar-refractivity contribution is 5.81. The third-order valence-corrected chi connectivity index (χ3v) is 3.61. The van der Waals surface area contributed by atoms with Gasteiger partial charge in [0.25, 0.3) is 0 Å². The molecule has 0 radical (unpaired) electrons. The smallest absolute Gasteiger partial charge is 0.191 e. The minimum Gasteiger partial charge on any atom is -0.381 e. The van der Waals surface area contributed by atoms with Crippen molar-refractivity contribution in [2.45, 2.75) is 25.8 Å². The second kappa shape index (κ2) is 3.42. The third kappa shape index (κ3) is 1.21. The highest BCUT2D eigenvalue weighted by atomic mass is 16.5. The Kier molecular flexibility index (Phi) is 2.39. The van der Waals surface area contributed by atoms with E-state index in [0.29, 0.717) is 11.9 Å². The highest BCUT2D eigenvalue weighted by Crippen LogP contribution is 2.35. The van der Waals surface area contributed by atoms with Gasteiger partial charge in [-0.05, 0) is 13.3 Å². The predicted octanol–water partition coefficient (Wildman–Crippen LogP) is 0.432. The van der Waals surface area contributed by atoms with E-state index in [9.17, 15) is 0 Å². The normalized spacial score (nSPS) is 37.7. The number of ether oxygens (including phenoxy) is 1. The van der Waals surface area contributed by atoms with Crippen molar-refractivity contribution in [3.05, 3.63) is 0 Å². The lowest BCUT2D eigenvalue weighted by Crippen LogP contribution is -2.58. The van der Waals surface area contributed by atoms with Gasteiger partial charge < -0.3 is 15.4 Å². The van der Waals surface area contributed by atoms with Crippen molar-refractivity contribution in [2.24, 2.45) is 16.6 Å². The van der Waals surface area contributed by atoms with E-state index >= 15 is 0 Å². The van der Waals surface area contributed by atoms with Crippen LogP contribution in [0.15, 0.2) is 4.99 Å². The Balaban J connectivity index is 2.22. The summed E-state index contributed by atoms with van der Waals surface area (Å²) in [5.74, 6) is 1.22. The molecule has 2 heterocycles. The van der Waals surface area contributed by atoms with Crippen LogP contribution in [0.25, 0.3) is 0 Å². The van der Waals surface area contributed by atoms with Crippen molar-refractivity contribution >= 4 is 5.96 Å². The maximum Gasteiger partial charge on any atom is 0.191 e. The summed E-state index contributed by atoms with van der Waals surface area (Å²) in [6.45, 7) is 7.83. The van der Waals surface area contributed by atoms with Gasteiger partial charge in [0.05, 0.1) is 18.7 Å². The lowest BCUT2D eigenvalue weighted by atomic mass is 9.80. The fourth-order valence-electron chi connectivity index (χ4n) is 2.64. The van der Waals surface area contributed by atoms with Gasteiger partial charge in [-0.2, -0.15) is 0 Å². The van der Waals surface area contributed by atoms with Crippen molar-refractivity contribution in [1.29, 1.82) is 0 Å². The summed E-state index contributed by atoms with van der Waals surface area (Å²) in [7, 11) is 0. The monoisotopic (exact) mass is 197 g/mol. The number of nitrogens with zero attached hydrogens (tertiary/aromatic N) is 2. The summed E-state index contributed by atoms with van der Waals surface area (Å²) < 4.78 is 5.48. The summed E-state index contributed by atoms with van der Waals surface area (Å²) in [6.07, 6.45) is 1.05. The number of hydrogen-bond acceptors (Lipinski definition) is 4. The summed E-state index contributed by atoms with van der Waals surface area (Å²) in [6, 6.07) is 0. The summed E-state index contributed by atoms with van der Waals surface area (Å²) in [5, 5.41) is 0. The van der Waals surface area contributed by atoms with Crippen molar-refractivity contribution in [1.82, 2.24) is 4.90 Å². The molecule has 14 heavy (non-hydrogen) atoms. The standard InChI is InChI=1S/C10H19N3O/c1-3-13-9(11)12-7-10(13)4-5-14-6-8(10)2/h8H,3-7H2,1-2H3,(H2,11,12). The zero-order valence-electron chi connectivity index (χ0n) is 8.99. The minimum atomic E-state index is 0.150. The Morgan fingerprint density at radius 2 is 2.50 bits per heavy atom. The molecule has 2 aliphatic heterocycles. The van der Waals surface area contributed by atoms with Crippen LogP contribution in [0.3, 0.4) is 0 Å². The number of rotatable bonds is 1. The van der Waals surface area contributed by atoms with Crippen LogP contribution in [-0.2, 0) is 4.74 Å². The molecule has 80 valence electrons. The largest absolute Gasteiger partial charge is 0.381 e. The molecule has 2 aliphatic rings. The van der Waals surface area contributed by atoms with Gasteiger partial charge in [-0.1, -0.05) is 6.92 Å². The molecule has 1 spiro atoms. The van der Waals surface area contributed by atoms with E-state index in [-0.39, 0.29) is 5.54 Å². The fraction of sp³-hybridized carbons (Fsp3) is 0.900. The second-order valence-electron chi connectivity index (χ2n) is 4.25. The van der Waals surface area contributed by atoms with Crippen LogP contribution in [0.2, 0.25) is 0 Å². The van der Waals surface area contributed by atoms with Crippen LogP contribution in [0, 0.1) is 5.92 Å². The van der Waals surface area contributed by atoms with Gasteiger partial charge in [0.15, 0.2) is 5.96 Å². The molecule has 0 aliphatic carbocycles. The van der Waals surface area contributed by atoms with E-state index in [1.807, 2.05) is 0 Å². The fourth-order valence-corrected chi connectivity index (χ4v) is 2.64. The van der Waals surface area contributed by atoms with Gasteiger partial charge in [-0.25, -0.2) is 0 Å². The Morgan fingerprint density at radius 1 is 1.71 bits per heavy atom. The van der Waals surface area contributed by atoms with Crippen LogP contribution in [0.4, 0.5) is 0 Å². The minimum absolute atomic E-state index is 0.150. The van der Waals surface area contributed by atoms with Crippen LogP contribution in [-0.4, -0.2) is 42.7 Å². The Hall–Kier alpha value is -0.770. The summed E-state index contributed by atoms with van der Waals surface area (Å²) in [5.41, 5.74) is 6.04. The first-order valence-electron chi connectivity index (χ1n) is 5.36. The van der Waals surface area contributed by atoms with Gasteiger partial charge in [-0.15, -0.1) is 0 Å². The number of nitrogens with two attached hydrogens (primary N) is 1. The van der Waals surface area contributed by atoms with Crippen molar-refractivity contribution in [2.75, 3.05) is 26.3 Å². The van der Waals surface area contributed by atoms with Crippen molar-refractivity contribution in [3.63, 3.8) is 0 Å². The molecule has 4 heteroatoms. The first-order valence-corrected chi connectivity index (χ1v) is 5.36. The molecule has 0 aromatic heterocycles. The van der Waals surface area contributed by atoms with Gasteiger partial charge in [0.2, 0.25) is 0 Å². The first-order chi connectivity index (χ1) is 6.70. The average Bonchev–Trinajstić information content (AvgIpc) is 2.50. The van der Waals surface area contributed by atoms with Crippen LogP contribution < -0.4 is 5.73 Å². The molecule has 2 rings (SSSR count). The lowest BCUT2D eigenvalue weighted by molar-refractivity contribution is -0.0321. The molecule has 2 N–H and O–H groups in total. The van der Waals surface area contributed by atoms with E-state index in [1.54, 1.807) is 0 Å². The molecule has 0 bridgehead atoms. The molecule has 0 amide bonds. The molecule has 0 aromatic rings. The Labute approximate surface area is 85.1 Å². The van der Waals surface area contributed by atoms with Crippen LogP contribution in [0.1, 0.15) is 20.3 Å². The number of likely N-dealkylation sites (N-methyl/N-ethyl adjacent to an activating group) is 1. The van der Waals surface area contributed by atoms with Crippen molar-refractivity contribution in [3.8, 4) is 0 Å². The number of aliphatic imine (C=N–C) groups is 1. The molecule has 1 saturated heterocycles. The van der Waals surface area contributed by atoms with E-state index in [1.165, 1.54) is 0 Å². The van der Waals surface area contributed by atoms with Crippen molar-refractivity contribution < 1.29 is 4.74 Å². The zero-order valence-corrected chi connectivity index (χ0v) is 8.99. The maximum atomic E-state index is 5.89. The lowest BCUT2D eigenvalue weighted by Gasteiger charge is -2.45. The van der Waals surface area contributed by atoms with Gasteiger partial charge >= 0.3 is 0 Å². The molecule has 2 atom stereocenters. The SMILES string of the molecule is CCN1C(N)=NCC12CCOCC2C. The second-order valence-corrected chi connectivity index (χ2v) is 4.25. The summed E-state index contributed by atoms with van der Waals surface area (Å²) >= 11 is 0. The molecule has 0 aromatic carbocycles. The third-order valence-electron chi connectivity index (χ3n) is 3.61. The average molecular weight is 197 g/mol. The number of guanidine groups is 1. The number of hydrogen-bond donors (Lipinski definition) is 1. The molecular formula is C10H19N3O. The molecule has 0 saturated carbocycles. The highest BCUT2D eigenvalue weighted by Gasteiger charge is 2.47. The topological polar surface area (TPSA) is 50.8 Å². The van der Waals surface area contributed by atoms with Gasteiger partial charge in [-0.3, -0.25) is 4.99 Å². The summed E-state index contributed by atoms with van der Waals surface area (Å²) in [4.78, 5) is 6.63. The first kappa shape index (κ1) is 9.77. The van der Waals surface area contributed by atoms with Gasteiger partial charge in [0.1, 0.15) is 0 Å². The van der Waals surface area contributed by atoms with E-state index < -0.39 is 0 Å².